The summed E-state index contributed by atoms with van der Waals surface area (Å²) in [5, 5.41) is 0. The lowest BCUT2D eigenvalue weighted by Gasteiger charge is -2.11. The van der Waals surface area contributed by atoms with Gasteiger partial charge in [-0.2, -0.15) is 0 Å². The number of aryl methyl sites for hydroxylation is 2. The molecular formula is C14H15N3O2. The van der Waals surface area contributed by atoms with Crippen molar-refractivity contribution >= 4 is 11.6 Å². The first kappa shape index (κ1) is 12.9. The fraction of sp³-hybridized carbons (Fsp3) is 0.143. The van der Waals surface area contributed by atoms with Crippen molar-refractivity contribution in [3.05, 3.63) is 64.1 Å². The van der Waals surface area contributed by atoms with Crippen molar-refractivity contribution in [2.45, 2.75) is 6.92 Å². The number of hydrazine groups is 1. The number of para-hydroxylation sites is 1. The minimum Gasteiger partial charge on any atom is -0.318 e. The van der Waals surface area contributed by atoms with Crippen LogP contribution in [0.25, 0.3) is 0 Å². The van der Waals surface area contributed by atoms with Crippen LogP contribution in [0.2, 0.25) is 0 Å². The van der Waals surface area contributed by atoms with Crippen LogP contribution >= 0.6 is 0 Å². The van der Waals surface area contributed by atoms with E-state index in [0.717, 1.165) is 11.3 Å². The summed E-state index contributed by atoms with van der Waals surface area (Å²) >= 11 is 0. The Balaban J connectivity index is 2.08. The van der Waals surface area contributed by atoms with Crippen LogP contribution in [0.5, 0.6) is 0 Å². The molecule has 98 valence electrons. The van der Waals surface area contributed by atoms with E-state index in [-0.39, 0.29) is 11.5 Å². The summed E-state index contributed by atoms with van der Waals surface area (Å²) < 4.78 is 1.36. The van der Waals surface area contributed by atoms with E-state index in [9.17, 15) is 9.59 Å². The fourth-order valence-electron chi connectivity index (χ4n) is 1.64. The maximum Gasteiger partial charge on any atom is 0.271 e. The maximum absolute atomic E-state index is 11.9. The standard InChI is InChI=1S/C14H15N3O2/c1-10-5-3-4-6-12(10)15-16-14(19)11-7-8-13(18)17(2)9-11/h3-9,15H,1-2H3,(H,16,19). The van der Waals surface area contributed by atoms with Crippen molar-refractivity contribution in [1.29, 1.82) is 0 Å². The van der Waals surface area contributed by atoms with Crippen LogP contribution in [0.15, 0.2) is 47.4 Å². The second kappa shape index (κ2) is 5.39. The predicted molar refractivity (Wildman–Crippen MR) is 74.0 cm³/mol. The lowest BCUT2D eigenvalue weighted by molar-refractivity contribution is 0.0962. The fourth-order valence-corrected chi connectivity index (χ4v) is 1.64. The summed E-state index contributed by atoms with van der Waals surface area (Å²) in [6, 6.07) is 10.5. The van der Waals surface area contributed by atoms with Crippen LogP contribution in [0, 0.1) is 6.92 Å². The summed E-state index contributed by atoms with van der Waals surface area (Å²) in [6.45, 7) is 1.95. The minimum atomic E-state index is -0.293. The Kier molecular flexibility index (Phi) is 3.66. The van der Waals surface area contributed by atoms with E-state index < -0.39 is 0 Å². The van der Waals surface area contributed by atoms with E-state index in [4.69, 9.17) is 0 Å². The van der Waals surface area contributed by atoms with Gasteiger partial charge in [0, 0.05) is 19.3 Å². The molecule has 0 aliphatic rings. The summed E-state index contributed by atoms with van der Waals surface area (Å²) in [4.78, 5) is 23.1. The van der Waals surface area contributed by atoms with E-state index in [1.165, 1.54) is 22.9 Å². The minimum absolute atomic E-state index is 0.150. The van der Waals surface area contributed by atoms with Gasteiger partial charge >= 0.3 is 0 Å². The molecule has 5 nitrogen and oxygen atoms in total. The molecule has 1 heterocycles. The Bertz CT molecular complexity index is 662. The van der Waals surface area contributed by atoms with Gasteiger partial charge in [0.05, 0.1) is 11.3 Å². The molecule has 0 atom stereocenters. The van der Waals surface area contributed by atoms with Gasteiger partial charge in [-0.05, 0) is 24.6 Å². The first-order valence-corrected chi connectivity index (χ1v) is 5.86. The molecule has 0 fully saturated rings. The molecule has 0 aliphatic heterocycles. The SMILES string of the molecule is Cc1ccccc1NNC(=O)c1ccc(=O)n(C)c1. The van der Waals surface area contributed by atoms with E-state index in [1.807, 2.05) is 31.2 Å². The highest BCUT2D eigenvalue weighted by atomic mass is 16.2. The highest BCUT2D eigenvalue weighted by Gasteiger charge is 2.06. The summed E-state index contributed by atoms with van der Waals surface area (Å²) in [5.41, 5.74) is 7.59. The number of carbonyl (C=O) groups excluding carboxylic acids is 1. The van der Waals surface area contributed by atoms with E-state index in [0.29, 0.717) is 5.56 Å². The summed E-state index contributed by atoms with van der Waals surface area (Å²) in [7, 11) is 1.61. The van der Waals surface area contributed by atoms with Crippen LogP contribution in [-0.2, 0) is 7.05 Å². The maximum atomic E-state index is 11.9. The van der Waals surface area contributed by atoms with Gasteiger partial charge in [0.1, 0.15) is 0 Å². The molecule has 1 aromatic heterocycles. The first-order valence-electron chi connectivity index (χ1n) is 5.86. The van der Waals surface area contributed by atoms with Crippen molar-refractivity contribution in [1.82, 2.24) is 9.99 Å². The van der Waals surface area contributed by atoms with Gasteiger partial charge in [0.2, 0.25) is 5.56 Å². The van der Waals surface area contributed by atoms with Crippen molar-refractivity contribution in [3.8, 4) is 0 Å². The quantitative estimate of drug-likeness (QED) is 0.818. The molecular weight excluding hydrogens is 242 g/mol. The molecule has 0 spiro atoms. The number of amides is 1. The molecule has 0 aliphatic carbocycles. The van der Waals surface area contributed by atoms with Gasteiger partial charge in [-0.15, -0.1) is 0 Å². The van der Waals surface area contributed by atoms with Crippen LogP contribution in [-0.4, -0.2) is 10.5 Å². The zero-order chi connectivity index (χ0) is 13.8. The second-order valence-electron chi connectivity index (χ2n) is 4.26. The van der Waals surface area contributed by atoms with Crippen LogP contribution in [0.3, 0.4) is 0 Å². The Hall–Kier alpha value is -2.56. The Morgan fingerprint density at radius 3 is 2.58 bits per heavy atom. The van der Waals surface area contributed by atoms with Crippen LogP contribution in [0.4, 0.5) is 5.69 Å². The zero-order valence-corrected chi connectivity index (χ0v) is 10.8. The Morgan fingerprint density at radius 1 is 1.16 bits per heavy atom. The molecule has 0 bridgehead atoms. The molecule has 0 unspecified atom stereocenters. The van der Waals surface area contributed by atoms with Crippen molar-refractivity contribution < 1.29 is 4.79 Å². The molecule has 1 amide bonds. The zero-order valence-electron chi connectivity index (χ0n) is 10.8. The molecule has 1 aromatic carbocycles. The number of aromatic nitrogens is 1. The normalized spacial score (nSPS) is 10.0. The monoisotopic (exact) mass is 257 g/mol. The topological polar surface area (TPSA) is 63.1 Å². The average molecular weight is 257 g/mol. The van der Waals surface area contributed by atoms with Crippen molar-refractivity contribution in [2.75, 3.05) is 5.43 Å². The number of nitrogens with zero attached hydrogens (tertiary/aromatic N) is 1. The molecule has 19 heavy (non-hydrogen) atoms. The van der Waals surface area contributed by atoms with Gasteiger partial charge in [0.25, 0.3) is 5.91 Å². The number of benzene rings is 1. The van der Waals surface area contributed by atoms with Gasteiger partial charge in [0.15, 0.2) is 0 Å². The highest BCUT2D eigenvalue weighted by Crippen LogP contribution is 2.11. The predicted octanol–water partition coefficient (Wildman–Crippen LogP) is 1.45. The van der Waals surface area contributed by atoms with Gasteiger partial charge < -0.3 is 4.57 Å². The third kappa shape index (κ3) is 3.01. The van der Waals surface area contributed by atoms with E-state index in [1.54, 1.807) is 7.05 Å². The molecule has 2 N–H and O–H groups in total. The van der Waals surface area contributed by atoms with Crippen LogP contribution < -0.4 is 16.4 Å². The molecule has 2 aromatic rings. The lowest BCUT2D eigenvalue weighted by atomic mass is 10.2. The third-order valence-electron chi connectivity index (χ3n) is 2.80. The number of rotatable bonds is 3. The Morgan fingerprint density at radius 2 is 1.89 bits per heavy atom. The first-order chi connectivity index (χ1) is 9.08. The van der Waals surface area contributed by atoms with Crippen LogP contribution in [0.1, 0.15) is 15.9 Å². The summed E-state index contributed by atoms with van der Waals surface area (Å²) in [5.74, 6) is -0.293. The van der Waals surface area contributed by atoms with Gasteiger partial charge in [-0.3, -0.25) is 20.4 Å². The average Bonchev–Trinajstić information content (AvgIpc) is 2.40. The van der Waals surface area contributed by atoms with Crippen molar-refractivity contribution in [2.24, 2.45) is 7.05 Å². The number of anilines is 1. The molecule has 0 radical (unpaired) electrons. The third-order valence-corrected chi connectivity index (χ3v) is 2.80. The Labute approximate surface area is 110 Å². The molecule has 0 saturated carbocycles. The number of hydrogen-bond donors (Lipinski definition) is 2. The second-order valence-corrected chi connectivity index (χ2v) is 4.26. The van der Waals surface area contributed by atoms with Gasteiger partial charge in [-0.1, -0.05) is 18.2 Å². The van der Waals surface area contributed by atoms with E-state index in [2.05, 4.69) is 10.9 Å². The van der Waals surface area contributed by atoms with Crippen molar-refractivity contribution in [3.63, 3.8) is 0 Å². The highest BCUT2D eigenvalue weighted by molar-refractivity contribution is 5.94. The smallest absolute Gasteiger partial charge is 0.271 e. The van der Waals surface area contributed by atoms with Gasteiger partial charge in [-0.25, -0.2) is 0 Å². The number of carbonyl (C=O) groups is 1. The molecule has 2 rings (SSSR count). The number of hydrogen-bond acceptors (Lipinski definition) is 3. The number of pyridine rings is 1. The molecule has 5 heteroatoms. The largest absolute Gasteiger partial charge is 0.318 e. The van der Waals surface area contributed by atoms with E-state index >= 15 is 0 Å². The lowest BCUT2D eigenvalue weighted by Crippen LogP contribution is -2.30. The molecule has 0 saturated heterocycles. The number of nitrogens with one attached hydrogen (secondary N) is 2. The summed E-state index contributed by atoms with van der Waals surface area (Å²) in [6.07, 6.45) is 1.50.